The molecule has 2 aromatic rings. The summed E-state index contributed by atoms with van der Waals surface area (Å²) in [7, 11) is 0. The first-order chi connectivity index (χ1) is 12.6. The van der Waals surface area contributed by atoms with Gasteiger partial charge in [-0.25, -0.2) is 4.79 Å². The third-order valence-electron chi connectivity index (χ3n) is 4.45. The molecule has 1 aliphatic rings. The van der Waals surface area contributed by atoms with Gasteiger partial charge in [0.05, 0.1) is 10.7 Å². The van der Waals surface area contributed by atoms with Gasteiger partial charge < -0.3 is 16.0 Å². The molecular weight excluding hydrogens is 350 g/mol. The van der Waals surface area contributed by atoms with Gasteiger partial charge in [0.2, 0.25) is 0 Å². The molecule has 1 saturated carbocycles. The summed E-state index contributed by atoms with van der Waals surface area (Å²) in [6.45, 7) is 0. The molecule has 0 unspecified atom stereocenters. The smallest absolute Gasteiger partial charge is 0.319 e. The van der Waals surface area contributed by atoms with Crippen LogP contribution in [0.2, 0.25) is 5.02 Å². The molecule has 3 rings (SSSR count). The maximum Gasteiger partial charge on any atom is 0.319 e. The zero-order chi connectivity index (χ0) is 18.4. The van der Waals surface area contributed by atoms with E-state index in [-0.39, 0.29) is 18.0 Å². The number of halogens is 1. The molecule has 2 aromatic carbocycles. The van der Waals surface area contributed by atoms with Crippen molar-refractivity contribution in [2.45, 2.75) is 38.1 Å². The van der Waals surface area contributed by atoms with E-state index in [1.807, 2.05) is 6.07 Å². The number of urea groups is 1. The third kappa shape index (κ3) is 4.99. The van der Waals surface area contributed by atoms with Gasteiger partial charge in [0, 0.05) is 17.3 Å². The fourth-order valence-electron chi connectivity index (χ4n) is 3.08. The summed E-state index contributed by atoms with van der Waals surface area (Å²) >= 11 is 6.25. The van der Waals surface area contributed by atoms with Crippen molar-refractivity contribution in [3.63, 3.8) is 0 Å². The van der Waals surface area contributed by atoms with Crippen molar-refractivity contribution < 1.29 is 9.59 Å². The molecule has 3 amide bonds. The maximum absolute atomic E-state index is 12.2. The van der Waals surface area contributed by atoms with E-state index in [2.05, 4.69) is 16.0 Å². The molecule has 136 valence electrons. The molecule has 1 aliphatic carbocycles. The average molecular weight is 372 g/mol. The second-order valence-electron chi connectivity index (χ2n) is 6.45. The zero-order valence-corrected chi connectivity index (χ0v) is 15.2. The molecule has 26 heavy (non-hydrogen) atoms. The van der Waals surface area contributed by atoms with Crippen LogP contribution in [-0.2, 0) is 0 Å². The largest absolute Gasteiger partial charge is 0.335 e. The minimum atomic E-state index is -0.233. The van der Waals surface area contributed by atoms with E-state index in [0.29, 0.717) is 22.0 Å². The van der Waals surface area contributed by atoms with E-state index >= 15 is 0 Å². The number of hydrogen-bond donors (Lipinski definition) is 3. The van der Waals surface area contributed by atoms with Gasteiger partial charge in [0.1, 0.15) is 0 Å². The van der Waals surface area contributed by atoms with Crippen LogP contribution >= 0.6 is 11.6 Å². The Labute approximate surface area is 158 Å². The molecule has 0 saturated heterocycles. The highest BCUT2D eigenvalue weighted by atomic mass is 35.5. The molecule has 5 nitrogen and oxygen atoms in total. The fraction of sp³-hybridized carbons (Fsp3) is 0.300. The van der Waals surface area contributed by atoms with Crippen molar-refractivity contribution in [2.24, 2.45) is 0 Å². The third-order valence-corrected chi connectivity index (χ3v) is 4.76. The Morgan fingerprint density at radius 3 is 2.35 bits per heavy atom. The summed E-state index contributed by atoms with van der Waals surface area (Å²) in [6, 6.07) is 13.9. The molecule has 0 bridgehead atoms. The number of amides is 3. The van der Waals surface area contributed by atoms with Crippen molar-refractivity contribution in [1.82, 2.24) is 5.32 Å². The number of hydrogen-bond acceptors (Lipinski definition) is 2. The van der Waals surface area contributed by atoms with E-state index in [4.69, 9.17) is 11.6 Å². The average Bonchev–Trinajstić information content (AvgIpc) is 2.65. The van der Waals surface area contributed by atoms with Crippen LogP contribution in [0.15, 0.2) is 48.5 Å². The lowest BCUT2D eigenvalue weighted by molar-refractivity contribution is 0.102. The molecule has 0 spiro atoms. The minimum Gasteiger partial charge on any atom is -0.335 e. The number of anilines is 2. The molecule has 0 atom stereocenters. The van der Waals surface area contributed by atoms with Crippen LogP contribution < -0.4 is 16.0 Å². The zero-order valence-electron chi connectivity index (χ0n) is 14.4. The van der Waals surface area contributed by atoms with Gasteiger partial charge >= 0.3 is 6.03 Å². The van der Waals surface area contributed by atoms with E-state index in [1.54, 1.807) is 42.5 Å². The minimum absolute atomic E-state index is 0.228. The van der Waals surface area contributed by atoms with Crippen LogP contribution in [0, 0.1) is 0 Å². The molecule has 0 aliphatic heterocycles. The lowest BCUT2D eigenvalue weighted by Gasteiger charge is -2.23. The Morgan fingerprint density at radius 2 is 1.65 bits per heavy atom. The standard InChI is InChI=1S/C20H22ClN3O2/c21-17-13-16(23-20(26)22-15-9-5-2-6-10-15)11-12-18(17)24-19(25)14-7-3-1-4-8-14/h1,3-4,7-8,11-13,15H,2,5-6,9-10H2,(H,24,25)(H2,22,23,26). The van der Waals surface area contributed by atoms with E-state index in [0.717, 1.165) is 25.7 Å². The Bertz CT molecular complexity index is 774. The van der Waals surface area contributed by atoms with Crippen molar-refractivity contribution in [3.05, 3.63) is 59.1 Å². The van der Waals surface area contributed by atoms with Crippen molar-refractivity contribution in [2.75, 3.05) is 10.6 Å². The van der Waals surface area contributed by atoms with Gasteiger partial charge in [-0.1, -0.05) is 49.1 Å². The van der Waals surface area contributed by atoms with Crippen molar-refractivity contribution in [3.8, 4) is 0 Å². The van der Waals surface area contributed by atoms with Crippen molar-refractivity contribution >= 4 is 34.9 Å². The van der Waals surface area contributed by atoms with E-state index in [9.17, 15) is 9.59 Å². The normalized spacial score (nSPS) is 14.5. The number of rotatable bonds is 4. The lowest BCUT2D eigenvalue weighted by atomic mass is 9.96. The monoisotopic (exact) mass is 371 g/mol. The van der Waals surface area contributed by atoms with Gasteiger partial charge in [0.25, 0.3) is 5.91 Å². The Kier molecular flexibility index (Phi) is 6.12. The highest BCUT2D eigenvalue weighted by molar-refractivity contribution is 6.34. The maximum atomic E-state index is 12.2. The van der Waals surface area contributed by atoms with Gasteiger partial charge in [0.15, 0.2) is 0 Å². The Morgan fingerprint density at radius 1 is 0.923 bits per heavy atom. The van der Waals surface area contributed by atoms with Crippen LogP contribution in [0.1, 0.15) is 42.5 Å². The first-order valence-corrected chi connectivity index (χ1v) is 9.23. The Balaban J connectivity index is 1.58. The number of benzene rings is 2. The molecule has 0 radical (unpaired) electrons. The summed E-state index contributed by atoms with van der Waals surface area (Å²) in [5, 5.41) is 8.93. The van der Waals surface area contributed by atoms with Crippen LogP contribution in [0.5, 0.6) is 0 Å². The van der Waals surface area contributed by atoms with Crippen LogP contribution in [0.4, 0.5) is 16.2 Å². The highest BCUT2D eigenvalue weighted by Gasteiger charge is 2.16. The van der Waals surface area contributed by atoms with Crippen LogP contribution in [0.25, 0.3) is 0 Å². The van der Waals surface area contributed by atoms with Crippen molar-refractivity contribution in [1.29, 1.82) is 0 Å². The van der Waals surface area contributed by atoms with Gasteiger partial charge in [-0.15, -0.1) is 0 Å². The van der Waals surface area contributed by atoms with Gasteiger partial charge in [-0.2, -0.15) is 0 Å². The summed E-state index contributed by atoms with van der Waals surface area (Å²) in [6.07, 6.45) is 5.61. The predicted molar refractivity (Wildman–Crippen MR) is 105 cm³/mol. The van der Waals surface area contributed by atoms with E-state index < -0.39 is 0 Å². The topological polar surface area (TPSA) is 70.2 Å². The predicted octanol–water partition coefficient (Wildman–Crippen LogP) is 5.05. The van der Waals surface area contributed by atoms with Gasteiger partial charge in [-0.05, 0) is 43.2 Å². The Hall–Kier alpha value is -2.53. The highest BCUT2D eigenvalue weighted by Crippen LogP contribution is 2.26. The first-order valence-electron chi connectivity index (χ1n) is 8.85. The molecule has 6 heteroatoms. The second-order valence-corrected chi connectivity index (χ2v) is 6.86. The number of nitrogens with one attached hydrogen (secondary N) is 3. The molecule has 3 N–H and O–H groups in total. The molecule has 0 aromatic heterocycles. The van der Waals surface area contributed by atoms with Gasteiger partial charge in [-0.3, -0.25) is 4.79 Å². The summed E-state index contributed by atoms with van der Waals surface area (Å²) in [5.74, 6) is -0.233. The number of carbonyl (C=O) groups is 2. The summed E-state index contributed by atoms with van der Waals surface area (Å²) < 4.78 is 0. The fourth-order valence-corrected chi connectivity index (χ4v) is 3.31. The van der Waals surface area contributed by atoms with Crippen LogP contribution in [-0.4, -0.2) is 18.0 Å². The summed E-state index contributed by atoms with van der Waals surface area (Å²) in [4.78, 5) is 24.3. The quantitative estimate of drug-likeness (QED) is 0.704. The van der Waals surface area contributed by atoms with Crippen LogP contribution in [0.3, 0.4) is 0 Å². The second kappa shape index (κ2) is 8.72. The first kappa shape index (κ1) is 18.3. The van der Waals surface area contributed by atoms with E-state index in [1.165, 1.54) is 6.42 Å². The molecular formula is C20H22ClN3O2. The number of carbonyl (C=O) groups excluding carboxylic acids is 2. The lowest BCUT2D eigenvalue weighted by Crippen LogP contribution is -2.39. The SMILES string of the molecule is O=C(Nc1ccc(NC(=O)c2ccccc2)c(Cl)c1)NC1CCCCC1. The summed E-state index contributed by atoms with van der Waals surface area (Å²) in [5.41, 5.74) is 1.64. The molecule has 1 fully saturated rings. The molecule has 0 heterocycles.